The Kier molecular flexibility index (Phi) is 3.32. The number of nitrogens with zero attached hydrogens (tertiary/aromatic N) is 3. The first kappa shape index (κ1) is 12.6. The third-order valence-electron chi connectivity index (χ3n) is 3.32. The fraction of sp³-hybridized carbons (Fsp3) is 0.385. The van der Waals surface area contributed by atoms with Gasteiger partial charge in [-0.1, -0.05) is 5.16 Å². The van der Waals surface area contributed by atoms with Crippen LogP contribution in [0.1, 0.15) is 33.9 Å². The van der Waals surface area contributed by atoms with Crippen molar-refractivity contribution in [3.05, 3.63) is 35.1 Å². The van der Waals surface area contributed by atoms with Gasteiger partial charge in [-0.15, -0.1) is 0 Å². The van der Waals surface area contributed by atoms with Gasteiger partial charge in [0.15, 0.2) is 6.33 Å². The summed E-state index contributed by atoms with van der Waals surface area (Å²) in [6, 6.07) is 1.73. The lowest BCUT2D eigenvalue weighted by Gasteiger charge is -2.10. The van der Waals surface area contributed by atoms with Crippen molar-refractivity contribution in [2.24, 2.45) is 0 Å². The zero-order chi connectivity index (χ0) is 13.9. The Hall–Kier alpha value is -2.44. The van der Waals surface area contributed by atoms with E-state index in [1.807, 2.05) is 0 Å². The van der Waals surface area contributed by atoms with Crippen LogP contribution < -0.4 is 5.32 Å². The van der Waals surface area contributed by atoms with Gasteiger partial charge in [0.25, 0.3) is 0 Å². The predicted molar refractivity (Wildman–Crippen MR) is 69.7 cm³/mol. The minimum absolute atomic E-state index is 0.219. The summed E-state index contributed by atoms with van der Waals surface area (Å²) in [5.41, 5.74) is 2.26. The smallest absolute Gasteiger partial charge is 0.339 e. The van der Waals surface area contributed by atoms with E-state index in [0.29, 0.717) is 24.7 Å². The van der Waals surface area contributed by atoms with Crippen LogP contribution in [0.5, 0.6) is 0 Å². The number of nitrogens with one attached hydrogen (secondary N) is 1. The Morgan fingerprint density at radius 3 is 3.10 bits per heavy atom. The molecule has 7 heteroatoms. The molecule has 0 radical (unpaired) electrons. The zero-order valence-corrected chi connectivity index (χ0v) is 10.8. The molecule has 3 rings (SSSR count). The van der Waals surface area contributed by atoms with E-state index in [2.05, 4.69) is 20.4 Å². The number of fused-ring (bicyclic) bond motifs is 1. The van der Waals surface area contributed by atoms with Gasteiger partial charge in [0.1, 0.15) is 11.4 Å². The Labute approximate surface area is 115 Å². The molecule has 0 amide bonds. The summed E-state index contributed by atoms with van der Waals surface area (Å²) in [4.78, 5) is 19.6. The van der Waals surface area contributed by atoms with Crippen LogP contribution in [0.3, 0.4) is 0 Å². The number of carbonyl (C=O) groups is 1. The number of carboxylic acid groups (broad SMARTS) is 1. The van der Waals surface area contributed by atoms with Gasteiger partial charge in [0, 0.05) is 18.7 Å². The minimum atomic E-state index is -0.965. The Balaban J connectivity index is 1.75. The third-order valence-corrected chi connectivity index (χ3v) is 3.32. The van der Waals surface area contributed by atoms with Crippen LogP contribution in [0.2, 0.25) is 0 Å². The molecular formula is C13H14N4O3. The van der Waals surface area contributed by atoms with E-state index in [-0.39, 0.29) is 5.56 Å². The summed E-state index contributed by atoms with van der Waals surface area (Å²) >= 11 is 0. The molecule has 2 N–H and O–H groups in total. The van der Waals surface area contributed by atoms with Crippen molar-refractivity contribution in [2.75, 3.05) is 11.9 Å². The first-order chi connectivity index (χ1) is 9.74. The number of hydrogen-bond donors (Lipinski definition) is 2. The number of aromatic carboxylic acids is 1. The van der Waals surface area contributed by atoms with E-state index in [0.717, 1.165) is 30.5 Å². The zero-order valence-electron chi connectivity index (χ0n) is 10.8. The Morgan fingerprint density at radius 2 is 2.35 bits per heavy atom. The maximum absolute atomic E-state index is 11.3. The van der Waals surface area contributed by atoms with Crippen LogP contribution in [0.25, 0.3) is 0 Å². The summed E-state index contributed by atoms with van der Waals surface area (Å²) in [7, 11) is 0. The summed E-state index contributed by atoms with van der Waals surface area (Å²) in [6.07, 6.45) is 4.72. The highest BCUT2D eigenvalue weighted by atomic mass is 16.5. The third kappa shape index (κ3) is 2.47. The maximum Gasteiger partial charge on any atom is 0.339 e. The molecule has 0 saturated carbocycles. The quantitative estimate of drug-likeness (QED) is 0.847. The molecule has 0 fully saturated rings. The summed E-state index contributed by atoms with van der Waals surface area (Å²) in [5, 5.41) is 15.8. The normalized spacial score (nSPS) is 13.2. The van der Waals surface area contributed by atoms with Crippen molar-refractivity contribution in [3.8, 4) is 0 Å². The van der Waals surface area contributed by atoms with Crippen LogP contribution in [-0.2, 0) is 19.3 Å². The van der Waals surface area contributed by atoms with Gasteiger partial charge >= 0.3 is 5.97 Å². The predicted octanol–water partition coefficient (Wildman–Crippen LogP) is 1.31. The van der Waals surface area contributed by atoms with E-state index in [1.165, 1.54) is 6.33 Å². The van der Waals surface area contributed by atoms with Crippen molar-refractivity contribution >= 4 is 11.8 Å². The maximum atomic E-state index is 11.3. The number of anilines is 1. The lowest BCUT2D eigenvalue weighted by atomic mass is 10.1. The van der Waals surface area contributed by atoms with Gasteiger partial charge in [0.2, 0.25) is 5.89 Å². The molecule has 104 valence electrons. The van der Waals surface area contributed by atoms with Crippen LogP contribution in [0, 0.1) is 0 Å². The fourth-order valence-corrected chi connectivity index (χ4v) is 2.36. The average molecular weight is 274 g/mol. The van der Waals surface area contributed by atoms with Crippen LogP contribution >= 0.6 is 0 Å². The molecule has 2 heterocycles. The highest BCUT2D eigenvalue weighted by Gasteiger charge is 2.19. The molecule has 0 atom stereocenters. The number of aromatic nitrogens is 3. The van der Waals surface area contributed by atoms with Gasteiger partial charge in [-0.2, -0.15) is 4.98 Å². The molecule has 0 spiro atoms. The topological polar surface area (TPSA) is 101 Å². The van der Waals surface area contributed by atoms with E-state index in [1.54, 1.807) is 6.07 Å². The monoisotopic (exact) mass is 274 g/mol. The van der Waals surface area contributed by atoms with Crippen molar-refractivity contribution in [1.29, 1.82) is 0 Å². The van der Waals surface area contributed by atoms with Crippen LogP contribution in [0.4, 0.5) is 5.82 Å². The molecule has 20 heavy (non-hydrogen) atoms. The summed E-state index contributed by atoms with van der Waals surface area (Å²) < 4.78 is 4.89. The van der Waals surface area contributed by atoms with Crippen LogP contribution in [-0.4, -0.2) is 32.7 Å². The first-order valence-corrected chi connectivity index (χ1v) is 6.49. The van der Waals surface area contributed by atoms with Crippen molar-refractivity contribution in [2.45, 2.75) is 25.7 Å². The molecule has 0 bridgehead atoms. The van der Waals surface area contributed by atoms with Gasteiger partial charge in [0.05, 0.1) is 0 Å². The molecule has 0 aromatic carbocycles. The first-order valence-electron chi connectivity index (χ1n) is 6.49. The number of hydrogen-bond acceptors (Lipinski definition) is 6. The summed E-state index contributed by atoms with van der Waals surface area (Å²) in [5.74, 6) is -0.0410. The number of carboxylic acids is 1. The minimum Gasteiger partial charge on any atom is -0.478 e. The summed E-state index contributed by atoms with van der Waals surface area (Å²) in [6.45, 7) is 0.494. The lowest BCUT2D eigenvalue weighted by molar-refractivity contribution is 0.0697. The highest BCUT2D eigenvalue weighted by Crippen LogP contribution is 2.25. The van der Waals surface area contributed by atoms with Gasteiger partial charge in [-0.25, -0.2) is 9.78 Å². The SMILES string of the molecule is O=C(O)c1cc2c(nc1NCCc1ncno1)CCC2. The molecule has 2 aromatic rings. The molecule has 7 nitrogen and oxygen atoms in total. The largest absolute Gasteiger partial charge is 0.478 e. The second-order valence-corrected chi connectivity index (χ2v) is 4.66. The number of aryl methyl sites for hydroxylation is 2. The average Bonchev–Trinajstić information content (AvgIpc) is 3.07. The molecule has 2 aromatic heterocycles. The fourth-order valence-electron chi connectivity index (χ4n) is 2.36. The van der Waals surface area contributed by atoms with Gasteiger partial charge in [-0.3, -0.25) is 0 Å². The molecule has 0 unspecified atom stereocenters. The standard InChI is InChI=1S/C13H14N4O3/c18-13(19)9-6-8-2-1-3-10(8)17-12(9)14-5-4-11-15-7-16-20-11/h6-7H,1-5H2,(H,14,17)(H,18,19). The Bertz CT molecular complexity index is 625. The van der Waals surface area contributed by atoms with Gasteiger partial charge < -0.3 is 14.9 Å². The van der Waals surface area contributed by atoms with E-state index < -0.39 is 5.97 Å². The molecule has 1 aliphatic rings. The highest BCUT2D eigenvalue weighted by molar-refractivity contribution is 5.93. The number of rotatable bonds is 5. The van der Waals surface area contributed by atoms with Crippen molar-refractivity contribution in [3.63, 3.8) is 0 Å². The second-order valence-electron chi connectivity index (χ2n) is 4.66. The van der Waals surface area contributed by atoms with Gasteiger partial charge in [-0.05, 0) is 30.9 Å². The molecule has 0 saturated heterocycles. The second kappa shape index (κ2) is 5.28. The van der Waals surface area contributed by atoms with E-state index in [4.69, 9.17) is 4.52 Å². The van der Waals surface area contributed by atoms with E-state index >= 15 is 0 Å². The molecule has 1 aliphatic carbocycles. The lowest BCUT2D eigenvalue weighted by Crippen LogP contribution is -2.13. The molecule has 0 aliphatic heterocycles. The van der Waals surface area contributed by atoms with Crippen LogP contribution in [0.15, 0.2) is 16.9 Å². The molecular weight excluding hydrogens is 260 g/mol. The Morgan fingerprint density at radius 1 is 1.45 bits per heavy atom. The number of pyridine rings is 1. The van der Waals surface area contributed by atoms with Crippen molar-refractivity contribution < 1.29 is 14.4 Å². The van der Waals surface area contributed by atoms with Crippen molar-refractivity contribution in [1.82, 2.24) is 15.1 Å². The van der Waals surface area contributed by atoms with E-state index in [9.17, 15) is 9.90 Å².